The Morgan fingerprint density at radius 2 is 1.82 bits per heavy atom. The Kier molecular flexibility index (Phi) is 8.53. The Morgan fingerprint density at radius 3 is 2.45 bits per heavy atom. The second-order valence-corrected chi connectivity index (χ2v) is 6.25. The second kappa shape index (κ2) is 9.87. The number of piperidine rings is 1. The lowest BCUT2D eigenvalue weighted by Crippen LogP contribution is -2.44. The van der Waals surface area contributed by atoms with Gasteiger partial charge in [-0.1, -0.05) is 30.3 Å². The van der Waals surface area contributed by atoms with Crippen LogP contribution in [0.4, 0.5) is 0 Å². The number of hydrogen-bond acceptors (Lipinski definition) is 4. The molecule has 1 fully saturated rings. The number of amides is 1. The zero-order valence-electron chi connectivity index (χ0n) is 12.8. The molecule has 1 aliphatic rings. The maximum absolute atomic E-state index is 12.1. The molecule has 1 aromatic carbocycles. The normalized spacial score (nSPS) is 15.0. The number of thioether (sulfide) groups is 1. The van der Waals surface area contributed by atoms with E-state index in [0.29, 0.717) is 23.1 Å². The van der Waals surface area contributed by atoms with E-state index in [1.165, 1.54) is 11.8 Å². The van der Waals surface area contributed by atoms with E-state index in [9.17, 15) is 9.59 Å². The summed E-state index contributed by atoms with van der Waals surface area (Å²) in [7, 11) is 1.87. The van der Waals surface area contributed by atoms with Crippen LogP contribution in [0.5, 0.6) is 0 Å². The van der Waals surface area contributed by atoms with Crippen LogP contribution in [-0.2, 0) is 4.79 Å². The molecule has 0 unspecified atom stereocenters. The highest BCUT2D eigenvalue weighted by molar-refractivity contribution is 8.00. The standard InChI is InChI=1S/C16H22N2O2S.ClH/c1-18(14-7-9-17-10-8-14)16(20)12-21-11-15(19)13-5-3-2-4-6-13;/h2-6,14,17H,7-12H2,1H3;1H. The molecule has 0 atom stereocenters. The van der Waals surface area contributed by atoms with Crippen molar-refractivity contribution in [1.29, 1.82) is 0 Å². The molecular weight excluding hydrogens is 320 g/mol. The maximum Gasteiger partial charge on any atom is 0.232 e. The van der Waals surface area contributed by atoms with Crippen molar-refractivity contribution in [2.75, 3.05) is 31.6 Å². The zero-order valence-corrected chi connectivity index (χ0v) is 14.4. The molecular formula is C16H23ClN2O2S. The van der Waals surface area contributed by atoms with Crippen molar-refractivity contribution < 1.29 is 9.59 Å². The third-order valence-electron chi connectivity index (χ3n) is 3.80. The lowest BCUT2D eigenvalue weighted by atomic mass is 10.1. The molecule has 1 aliphatic heterocycles. The van der Waals surface area contributed by atoms with Crippen molar-refractivity contribution in [2.45, 2.75) is 18.9 Å². The first-order valence-electron chi connectivity index (χ1n) is 7.31. The van der Waals surface area contributed by atoms with Crippen LogP contribution < -0.4 is 5.32 Å². The maximum atomic E-state index is 12.1. The lowest BCUT2D eigenvalue weighted by Gasteiger charge is -2.31. The number of nitrogens with one attached hydrogen (secondary N) is 1. The summed E-state index contributed by atoms with van der Waals surface area (Å²) < 4.78 is 0. The van der Waals surface area contributed by atoms with Gasteiger partial charge in [-0.3, -0.25) is 9.59 Å². The molecule has 0 saturated carbocycles. The molecule has 1 amide bonds. The molecule has 1 N–H and O–H groups in total. The van der Waals surface area contributed by atoms with Gasteiger partial charge in [0.25, 0.3) is 0 Å². The first-order chi connectivity index (χ1) is 10.2. The van der Waals surface area contributed by atoms with Crippen molar-refractivity contribution in [1.82, 2.24) is 10.2 Å². The number of halogens is 1. The predicted molar refractivity (Wildman–Crippen MR) is 94.0 cm³/mol. The Hall–Kier alpha value is -1.04. The molecule has 1 saturated heterocycles. The topological polar surface area (TPSA) is 49.4 Å². The van der Waals surface area contributed by atoms with Gasteiger partial charge < -0.3 is 10.2 Å². The van der Waals surface area contributed by atoms with Gasteiger partial charge >= 0.3 is 0 Å². The molecule has 0 radical (unpaired) electrons. The van der Waals surface area contributed by atoms with Gasteiger partial charge in [0.05, 0.1) is 11.5 Å². The zero-order chi connectivity index (χ0) is 15.1. The van der Waals surface area contributed by atoms with Gasteiger partial charge in [-0.25, -0.2) is 0 Å². The third kappa shape index (κ3) is 5.63. The molecule has 1 heterocycles. The van der Waals surface area contributed by atoms with Gasteiger partial charge in [-0.15, -0.1) is 24.2 Å². The SMILES string of the molecule is CN(C(=O)CSCC(=O)c1ccccc1)C1CCNCC1.Cl. The molecule has 22 heavy (non-hydrogen) atoms. The summed E-state index contributed by atoms with van der Waals surface area (Å²) in [6, 6.07) is 9.56. The third-order valence-corrected chi connectivity index (χ3v) is 4.72. The van der Waals surface area contributed by atoms with Crippen LogP contribution in [0.2, 0.25) is 0 Å². The van der Waals surface area contributed by atoms with Crippen molar-refractivity contribution in [2.24, 2.45) is 0 Å². The summed E-state index contributed by atoms with van der Waals surface area (Å²) >= 11 is 1.40. The summed E-state index contributed by atoms with van der Waals surface area (Å²) in [5.41, 5.74) is 0.712. The fraction of sp³-hybridized carbons (Fsp3) is 0.500. The molecule has 1 aromatic rings. The summed E-state index contributed by atoms with van der Waals surface area (Å²) in [5.74, 6) is 0.931. The highest BCUT2D eigenvalue weighted by Gasteiger charge is 2.21. The van der Waals surface area contributed by atoms with Crippen LogP contribution in [0, 0.1) is 0 Å². The molecule has 0 spiro atoms. The highest BCUT2D eigenvalue weighted by Crippen LogP contribution is 2.13. The Labute approximate surface area is 142 Å². The quantitative estimate of drug-likeness (QED) is 0.805. The smallest absolute Gasteiger partial charge is 0.232 e. The largest absolute Gasteiger partial charge is 0.342 e. The van der Waals surface area contributed by atoms with Crippen molar-refractivity contribution in [3.63, 3.8) is 0 Å². The minimum atomic E-state index is 0. The average Bonchev–Trinajstić information content (AvgIpc) is 2.55. The van der Waals surface area contributed by atoms with E-state index < -0.39 is 0 Å². The minimum Gasteiger partial charge on any atom is -0.342 e. The van der Waals surface area contributed by atoms with Crippen LogP contribution >= 0.6 is 24.2 Å². The number of hydrogen-bond donors (Lipinski definition) is 1. The van der Waals surface area contributed by atoms with Crippen LogP contribution in [0.3, 0.4) is 0 Å². The Bertz CT molecular complexity index is 478. The fourth-order valence-corrected chi connectivity index (χ4v) is 3.27. The van der Waals surface area contributed by atoms with Crippen LogP contribution in [0.25, 0.3) is 0 Å². The number of benzene rings is 1. The molecule has 4 nitrogen and oxygen atoms in total. The second-order valence-electron chi connectivity index (χ2n) is 5.27. The Morgan fingerprint density at radius 1 is 1.18 bits per heavy atom. The minimum absolute atomic E-state index is 0. The van der Waals surface area contributed by atoms with Gasteiger partial charge in [0.2, 0.25) is 5.91 Å². The van der Waals surface area contributed by atoms with E-state index in [0.717, 1.165) is 25.9 Å². The van der Waals surface area contributed by atoms with E-state index in [-0.39, 0.29) is 24.1 Å². The van der Waals surface area contributed by atoms with Crippen LogP contribution in [0.1, 0.15) is 23.2 Å². The highest BCUT2D eigenvalue weighted by atomic mass is 35.5. The molecule has 122 valence electrons. The van der Waals surface area contributed by atoms with Crippen molar-refractivity contribution in [3.05, 3.63) is 35.9 Å². The molecule has 0 bridgehead atoms. The van der Waals surface area contributed by atoms with Gasteiger partial charge in [-0.2, -0.15) is 0 Å². The first kappa shape index (κ1) is 19.0. The number of rotatable bonds is 6. The van der Waals surface area contributed by atoms with E-state index in [1.807, 2.05) is 42.3 Å². The van der Waals surface area contributed by atoms with E-state index >= 15 is 0 Å². The first-order valence-corrected chi connectivity index (χ1v) is 8.46. The van der Waals surface area contributed by atoms with Gasteiger partial charge in [0.1, 0.15) is 0 Å². The number of carbonyl (C=O) groups excluding carboxylic acids is 2. The average molecular weight is 343 g/mol. The number of nitrogens with zero attached hydrogens (tertiary/aromatic N) is 1. The van der Waals surface area contributed by atoms with Gasteiger partial charge in [-0.05, 0) is 25.9 Å². The van der Waals surface area contributed by atoms with Crippen LogP contribution in [0.15, 0.2) is 30.3 Å². The molecule has 6 heteroatoms. The fourth-order valence-electron chi connectivity index (χ4n) is 2.44. The monoisotopic (exact) mass is 342 g/mol. The number of Topliss-reactive ketones (excluding diaryl/α,β-unsaturated/α-hetero) is 1. The lowest BCUT2D eigenvalue weighted by molar-refractivity contribution is -0.129. The molecule has 0 aliphatic carbocycles. The summed E-state index contributed by atoms with van der Waals surface area (Å²) in [4.78, 5) is 25.9. The number of ketones is 1. The summed E-state index contributed by atoms with van der Waals surface area (Å²) in [6.07, 6.45) is 2.02. The van der Waals surface area contributed by atoms with E-state index in [4.69, 9.17) is 0 Å². The predicted octanol–water partition coefficient (Wildman–Crippen LogP) is 2.23. The Balaban J connectivity index is 0.00000242. The van der Waals surface area contributed by atoms with E-state index in [1.54, 1.807) is 0 Å². The van der Waals surface area contributed by atoms with Crippen molar-refractivity contribution >= 4 is 35.9 Å². The van der Waals surface area contributed by atoms with E-state index in [2.05, 4.69) is 5.32 Å². The molecule has 0 aromatic heterocycles. The molecule has 2 rings (SSSR count). The van der Waals surface area contributed by atoms with Gasteiger partial charge in [0.15, 0.2) is 5.78 Å². The number of carbonyl (C=O) groups is 2. The van der Waals surface area contributed by atoms with Gasteiger partial charge in [0, 0.05) is 18.7 Å². The summed E-state index contributed by atoms with van der Waals surface area (Å²) in [5, 5.41) is 3.30. The summed E-state index contributed by atoms with van der Waals surface area (Å²) in [6.45, 7) is 1.95. The van der Waals surface area contributed by atoms with Crippen LogP contribution in [-0.4, -0.2) is 54.3 Å². The van der Waals surface area contributed by atoms with Crippen molar-refractivity contribution in [3.8, 4) is 0 Å².